The molecule has 5 nitrogen and oxygen atoms in total. The summed E-state index contributed by atoms with van der Waals surface area (Å²) in [5, 5.41) is 3.01. The molecule has 1 amide bonds. The second kappa shape index (κ2) is 8.19. The van der Waals surface area contributed by atoms with Crippen LogP contribution in [0.3, 0.4) is 0 Å². The minimum absolute atomic E-state index is 0.125. The highest BCUT2D eigenvalue weighted by molar-refractivity contribution is 7.18. The molecule has 1 aliphatic heterocycles. The van der Waals surface area contributed by atoms with Gasteiger partial charge in [-0.3, -0.25) is 9.59 Å². The van der Waals surface area contributed by atoms with Crippen molar-refractivity contribution in [1.29, 1.82) is 0 Å². The SMILES string of the molecule is O=C(Cc1cccs1)OCC(=O)N1CCC[C@@H](c2nc3ccccc3s2)C1. The van der Waals surface area contributed by atoms with E-state index in [1.54, 1.807) is 16.2 Å². The number of nitrogens with zero attached hydrogens (tertiary/aromatic N) is 2. The molecule has 2 aromatic heterocycles. The van der Waals surface area contributed by atoms with E-state index in [0.717, 1.165) is 28.2 Å². The maximum Gasteiger partial charge on any atom is 0.311 e. The Bertz CT molecular complexity index is 903. The van der Waals surface area contributed by atoms with Crippen molar-refractivity contribution in [2.24, 2.45) is 0 Å². The van der Waals surface area contributed by atoms with Gasteiger partial charge in [0.05, 0.1) is 21.6 Å². The van der Waals surface area contributed by atoms with E-state index in [1.807, 2.05) is 35.7 Å². The summed E-state index contributed by atoms with van der Waals surface area (Å²) in [5.74, 6) is -0.229. The molecule has 1 aromatic carbocycles. The summed E-state index contributed by atoms with van der Waals surface area (Å²) in [6, 6.07) is 11.9. The number of ether oxygens (including phenoxy) is 1. The first kappa shape index (κ1) is 18.1. The summed E-state index contributed by atoms with van der Waals surface area (Å²) in [6.07, 6.45) is 2.19. The molecule has 1 atom stereocenters. The Morgan fingerprint density at radius 2 is 2.11 bits per heavy atom. The Morgan fingerprint density at radius 1 is 1.22 bits per heavy atom. The number of thiophene rings is 1. The number of benzene rings is 1. The van der Waals surface area contributed by atoms with Gasteiger partial charge in [-0.15, -0.1) is 22.7 Å². The summed E-state index contributed by atoms with van der Waals surface area (Å²) in [4.78, 5) is 31.9. The predicted octanol–water partition coefficient (Wildman–Crippen LogP) is 3.85. The van der Waals surface area contributed by atoms with Crippen LogP contribution in [0.2, 0.25) is 0 Å². The number of piperidine rings is 1. The van der Waals surface area contributed by atoms with Crippen molar-refractivity contribution >= 4 is 44.8 Å². The summed E-state index contributed by atoms with van der Waals surface area (Å²) >= 11 is 3.22. The standard InChI is InChI=1S/C20H20N2O3S2/c23-18(13-25-19(24)11-15-6-4-10-26-15)22-9-3-5-14(12-22)20-21-16-7-1-2-8-17(16)27-20/h1-2,4,6-8,10,14H,3,5,9,11-13H2/t14-/m1/s1. The van der Waals surface area contributed by atoms with Crippen molar-refractivity contribution in [2.75, 3.05) is 19.7 Å². The van der Waals surface area contributed by atoms with Crippen molar-refractivity contribution < 1.29 is 14.3 Å². The van der Waals surface area contributed by atoms with E-state index in [1.165, 1.54) is 16.0 Å². The average Bonchev–Trinajstić information content (AvgIpc) is 3.35. The zero-order valence-electron chi connectivity index (χ0n) is 14.8. The molecule has 0 radical (unpaired) electrons. The second-order valence-corrected chi connectivity index (χ2v) is 8.71. The quantitative estimate of drug-likeness (QED) is 0.611. The van der Waals surface area contributed by atoms with E-state index >= 15 is 0 Å². The van der Waals surface area contributed by atoms with Crippen LogP contribution in [0.1, 0.15) is 28.6 Å². The Balaban J connectivity index is 1.33. The fraction of sp³-hybridized carbons (Fsp3) is 0.350. The molecule has 3 aromatic rings. The third-order valence-corrected chi connectivity index (χ3v) is 6.76. The van der Waals surface area contributed by atoms with Crippen LogP contribution >= 0.6 is 22.7 Å². The third-order valence-electron chi connectivity index (χ3n) is 4.69. The smallest absolute Gasteiger partial charge is 0.311 e. The fourth-order valence-electron chi connectivity index (χ4n) is 3.31. The molecule has 140 valence electrons. The van der Waals surface area contributed by atoms with Gasteiger partial charge in [0.1, 0.15) is 0 Å². The van der Waals surface area contributed by atoms with Crippen LogP contribution in [0, 0.1) is 0 Å². The normalized spacial score (nSPS) is 17.2. The number of amides is 1. The van der Waals surface area contributed by atoms with Crippen LogP contribution in [0.4, 0.5) is 0 Å². The molecule has 0 unspecified atom stereocenters. The number of esters is 1. The van der Waals surface area contributed by atoms with Gasteiger partial charge in [0.25, 0.3) is 5.91 Å². The van der Waals surface area contributed by atoms with E-state index in [9.17, 15) is 9.59 Å². The van der Waals surface area contributed by atoms with Crippen LogP contribution in [-0.2, 0) is 20.7 Å². The molecular weight excluding hydrogens is 380 g/mol. The van der Waals surface area contributed by atoms with Crippen LogP contribution in [0.5, 0.6) is 0 Å². The molecule has 7 heteroatoms. The molecule has 0 spiro atoms. The molecule has 1 aliphatic rings. The van der Waals surface area contributed by atoms with Crippen molar-refractivity contribution in [3.63, 3.8) is 0 Å². The summed E-state index contributed by atoms with van der Waals surface area (Å²) < 4.78 is 6.36. The number of hydrogen-bond donors (Lipinski definition) is 0. The molecule has 0 aliphatic carbocycles. The number of hydrogen-bond acceptors (Lipinski definition) is 6. The number of para-hydroxylation sites is 1. The summed E-state index contributed by atoms with van der Waals surface area (Å²) in [7, 11) is 0. The molecule has 4 rings (SSSR count). The Hall–Kier alpha value is -2.25. The molecule has 0 N–H and O–H groups in total. The van der Waals surface area contributed by atoms with Crippen molar-refractivity contribution in [2.45, 2.75) is 25.2 Å². The summed E-state index contributed by atoms with van der Waals surface area (Å²) in [6.45, 7) is 1.17. The number of rotatable bonds is 5. The molecular formula is C20H20N2O3S2. The zero-order chi connectivity index (χ0) is 18.6. The Morgan fingerprint density at radius 3 is 2.93 bits per heavy atom. The summed E-state index contributed by atoms with van der Waals surface area (Å²) in [5.41, 5.74) is 1.02. The lowest BCUT2D eigenvalue weighted by atomic mass is 9.99. The number of fused-ring (bicyclic) bond motifs is 1. The predicted molar refractivity (Wildman–Crippen MR) is 107 cm³/mol. The average molecular weight is 401 g/mol. The molecule has 1 fully saturated rings. The van der Waals surface area contributed by atoms with Crippen molar-refractivity contribution in [3.8, 4) is 0 Å². The molecule has 0 saturated carbocycles. The highest BCUT2D eigenvalue weighted by Crippen LogP contribution is 2.32. The van der Waals surface area contributed by atoms with Gasteiger partial charge in [-0.05, 0) is 36.4 Å². The van der Waals surface area contributed by atoms with Gasteiger partial charge >= 0.3 is 5.97 Å². The zero-order valence-corrected chi connectivity index (χ0v) is 16.4. The van der Waals surface area contributed by atoms with Gasteiger partial charge in [-0.2, -0.15) is 0 Å². The number of carbonyl (C=O) groups excluding carboxylic acids is 2. The first-order valence-electron chi connectivity index (χ1n) is 9.00. The van der Waals surface area contributed by atoms with Gasteiger partial charge in [0.2, 0.25) is 0 Å². The van der Waals surface area contributed by atoms with Crippen LogP contribution in [-0.4, -0.2) is 41.5 Å². The Labute approximate surface area is 165 Å². The first-order valence-corrected chi connectivity index (χ1v) is 10.7. The van der Waals surface area contributed by atoms with Crippen LogP contribution < -0.4 is 0 Å². The van der Waals surface area contributed by atoms with E-state index in [-0.39, 0.29) is 30.8 Å². The molecule has 1 saturated heterocycles. The number of likely N-dealkylation sites (tertiary alicyclic amines) is 1. The van der Waals surface area contributed by atoms with Crippen LogP contribution in [0.15, 0.2) is 41.8 Å². The van der Waals surface area contributed by atoms with Crippen molar-refractivity contribution in [1.82, 2.24) is 9.88 Å². The second-order valence-electron chi connectivity index (χ2n) is 6.62. The molecule has 0 bridgehead atoms. The van der Waals surface area contributed by atoms with Gasteiger partial charge in [0.15, 0.2) is 6.61 Å². The van der Waals surface area contributed by atoms with Gasteiger partial charge in [-0.25, -0.2) is 4.98 Å². The van der Waals surface area contributed by atoms with Gasteiger partial charge in [-0.1, -0.05) is 18.2 Å². The van der Waals surface area contributed by atoms with Crippen molar-refractivity contribution in [3.05, 3.63) is 51.7 Å². The number of thiazole rings is 1. The van der Waals surface area contributed by atoms with E-state index in [4.69, 9.17) is 9.72 Å². The minimum Gasteiger partial charge on any atom is -0.455 e. The number of aromatic nitrogens is 1. The van der Waals surface area contributed by atoms with Gasteiger partial charge in [0, 0.05) is 23.9 Å². The Kier molecular flexibility index (Phi) is 5.50. The molecule has 3 heterocycles. The van der Waals surface area contributed by atoms with Crippen LogP contribution in [0.25, 0.3) is 10.2 Å². The monoisotopic (exact) mass is 400 g/mol. The lowest BCUT2D eigenvalue weighted by Gasteiger charge is -2.31. The maximum atomic E-state index is 12.5. The number of carbonyl (C=O) groups is 2. The third kappa shape index (κ3) is 4.36. The highest BCUT2D eigenvalue weighted by Gasteiger charge is 2.27. The van der Waals surface area contributed by atoms with E-state index in [2.05, 4.69) is 6.07 Å². The fourth-order valence-corrected chi connectivity index (χ4v) is 5.09. The van der Waals surface area contributed by atoms with E-state index in [0.29, 0.717) is 13.1 Å². The largest absolute Gasteiger partial charge is 0.455 e. The lowest BCUT2D eigenvalue weighted by Crippen LogP contribution is -2.41. The highest BCUT2D eigenvalue weighted by atomic mass is 32.1. The first-order chi connectivity index (χ1) is 13.2. The lowest BCUT2D eigenvalue weighted by molar-refractivity contribution is -0.152. The topological polar surface area (TPSA) is 59.5 Å². The minimum atomic E-state index is -0.356. The molecule has 27 heavy (non-hydrogen) atoms. The maximum absolute atomic E-state index is 12.5. The van der Waals surface area contributed by atoms with E-state index < -0.39 is 0 Å². The van der Waals surface area contributed by atoms with Gasteiger partial charge < -0.3 is 9.64 Å².